The number of para-hydroxylation sites is 1. The lowest BCUT2D eigenvalue weighted by Crippen LogP contribution is -2.22. The molecule has 0 aromatic heterocycles. The van der Waals surface area contributed by atoms with Gasteiger partial charge in [-0.15, -0.1) is 0 Å². The summed E-state index contributed by atoms with van der Waals surface area (Å²) < 4.78 is 5.43. The summed E-state index contributed by atoms with van der Waals surface area (Å²) in [5.41, 5.74) is 1.12. The molecule has 0 heterocycles. The van der Waals surface area contributed by atoms with Gasteiger partial charge in [-0.2, -0.15) is 0 Å². The largest absolute Gasteiger partial charge is 0.491 e. The Kier molecular flexibility index (Phi) is 5.15. The van der Waals surface area contributed by atoms with Crippen LogP contribution in [-0.4, -0.2) is 24.4 Å². The summed E-state index contributed by atoms with van der Waals surface area (Å²) in [5, 5.41) is 12.0. The van der Waals surface area contributed by atoms with E-state index in [1.54, 1.807) is 0 Å². The second kappa shape index (κ2) is 6.43. The summed E-state index contributed by atoms with van der Waals surface area (Å²) in [6.45, 7) is 5.40. The zero-order valence-corrected chi connectivity index (χ0v) is 9.36. The van der Waals surface area contributed by atoms with Crippen molar-refractivity contribution in [3.63, 3.8) is 0 Å². The van der Waals surface area contributed by atoms with Gasteiger partial charge in [-0.25, -0.2) is 0 Å². The average molecular weight is 209 g/mol. The first-order valence-electron chi connectivity index (χ1n) is 5.29. The third-order valence-electron chi connectivity index (χ3n) is 2.02. The summed E-state index contributed by atoms with van der Waals surface area (Å²) >= 11 is 0. The molecule has 0 atom stereocenters. The third kappa shape index (κ3) is 4.32. The number of nitrogens with one attached hydrogen (secondary N) is 1. The number of benzene rings is 1. The lowest BCUT2D eigenvalue weighted by molar-refractivity contribution is 0.200. The monoisotopic (exact) mass is 209 g/mol. The molecule has 0 radical (unpaired) electrons. The molecule has 0 spiro atoms. The van der Waals surface area contributed by atoms with Crippen molar-refractivity contribution in [2.45, 2.75) is 26.4 Å². The highest BCUT2D eigenvalue weighted by Gasteiger charge is 2.02. The Hall–Kier alpha value is -1.06. The molecule has 1 rings (SSSR count). The SMILES string of the molecule is CC(C)NCc1ccccc1OCCO. The molecule has 0 saturated carbocycles. The maximum atomic E-state index is 8.70. The van der Waals surface area contributed by atoms with E-state index < -0.39 is 0 Å². The lowest BCUT2D eigenvalue weighted by atomic mass is 10.2. The van der Waals surface area contributed by atoms with Gasteiger partial charge in [-0.3, -0.25) is 0 Å². The van der Waals surface area contributed by atoms with Gasteiger partial charge in [0.2, 0.25) is 0 Å². The van der Waals surface area contributed by atoms with Crippen LogP contribution in [0.4, 0.5) is 0 Å². The number of hydrogen-bond acceptors (Lipinski definition) is 3. The van der Waals surface area contributed by atoms with Crippen LogP contribution >= 0.6 is 0 Å². The molecule has 0 saturated heterocycles. The molecule has 0 aliphatic carbocycles. The van der Waals surface area contributed by atoms with Gasteiger partial charge in [0.05, 0.1) is 6.61 Å². The molecule has 0 amide bonds. The predicted molar refractivity (Wildman–Crippen MR) is 61.0 cm³/mol. The van der Waals surface area contributed by atoms with Crippen molar-refractivity contribution in [2.24, 2.45) is 0 Å². The minimum absolute atomic E-state index is 0.0476. The van der Waals surface area contributed by atoms with Gasteiger partial charge >= 0.3 is 0 Å². The zero-order chi connectivity index (χ0) is 11.1. The van der Waals surface area contributed by atoms with E-state index in [1.807, 2.05) is 24.3 Å². The summed E-state index contributed by atoms with van der Waals surface area (Å²) in [5.74, 6) is 0.847. The summed E-state index contributed by atoms with van der Waals surface area (Å²) in [6.07, 6.45) is 0. The van der Waals surface area contributed by atoms with Gasteiger partial charge in [0.25, 0.3) is 0 Å². The van der Waals surface area contributed by atoms with Gasteiger partial charge in [0, 0.05) is 18.2 Å². The zero-order valence-electron chi connectivity index (χ0n) is 9.36. The maximum absolute atomic E-state index is 8.70. The van der Waals surface area contributed by atoms with Crippen molar-refractivity contribution in [1.82, 2.24) is 5.32 Å². The fourth-order valence-corrected chi connectivity index (χ4v) is 1.26. The lowest BCUT2D eigenvalue weighted by Gasteiger charge is -2.12. The van der Waals surface area contributed by atoms with Crippen LogP contribution in [0, 0.1) is 0 Å². The molecular weight excluding hydrogens is 190 g/mol. The number of rotatable bonds is 6. The van der Waals surface area contributed by atoms with E-state index in [-0.39, 0.29) is 6.61 Å². The molecule has 3 nitrogen and oxygen atoms in total. The fraction of sp³-hybridized carbons (Fsp3) is 0.500. The first-order valence-corrected chi connectivity index (χ1v) is 5.29. The minimum Gasteiger partial charge on any atom is -0.491 e. The van der Waals surface area contributed by atoms with Crippen molar-refractivity contribution in [3.8, 4) is 5.75 Å². The molecule has 0 aliphatic rings. The van der Waals surface area contributed by atoms with Crippen LogP contribution in [-0.2, 0) is 6.54 Å². The van der Waals surface area contributed by atoms with Gasteiger partial charge in [0.1, 0.15) is 12.4 Å². The normalized spacial score (nSPS) is 10.7. The van der Waals surface area contributed by atoms with Gasteiger partial charge in [0.15, 0.2) is 0 Å². The predicted octanol–water partition coefficient (Wildman–Crippen LogP) is 1.56. The highest BCUT2D eigenvalue weighted by molar-refractivity contribution is 5.33. The third-order valence-corrected chi connectivity index (χ3v) is 2.02. The van der Waals surface area contributed by atoms with Crippen molar-refractivity contribution >= 4 is 0 Å². The van der Waals surface area contributed by atoms with E-state index in [9.17, 15) is 0 Å². The van der Waals surface area contributed by atoms with Gasteiger partial charge < -0.3 is 15.2 Å². The Morgan fingerprint density at radius 1 is 1.33 bits per heavy atom. The van der Waals surface area contributed by atoms with Crippen molar-refractivity contribution in [1.29, 1.82) is 0 Å². The smallest absolute Gasteiger partial charge is 0.123 e. The van der Waals surface area contributed by atoms with Crippen LogP contribution < -0.4 is 10.1 Å². The second-order valence-electron chi connectivity index (χ2n) is 3.72. The molecule has 0 aliphatic heterocycles. The van der Waals surface area contributed by atoms with Crippen LogP contribution in [0.5, 0.6) is 5.75 Å². The average Bonchev–Trinajstić information content (AvgIpc) is 2.24. The summed E-state index contributed by atoms with van der Waals surface area (Å²) in [7, 11) is 0. The number of hydrogen-bond donors (Lipinski definition) is 2. The topological polar surface area (TPSA) is 41.5 Å². The van der Waals surface area contributed by atoms with E-state index in [2.05, 4.69) is 19.2 Å². The van der Waals surface area contributed by atoms with Crippen molar-refractivity contribution < 1.29 is 9.84 Å². The van der Waals surface area contributed by atoms with Crippen LogP contribution in [0.2, 0.25) is 0 Å². The van der Waals surface area contributed by atoms with Crippen LogP contribution in [0.1, 0.15) is 19.4 Å². The van der Waals surface area contributed by atoms with Crippen molar-refractivity contribution in [2.75, 3.05) is 13.2 Å². The molecule has 15 heavy (non-hydrogen) atoms. The van der Waals surface area contributed by atoms with E-state index >= 15 is 0 Å². The Bertz CT molecular complexity index is 287. The Labute approximate surface area is 91.1 Å². The van der Waals surface area contributed by atoms with Gasteiger partial charge in [-0.1, -0.05) is 32.0 Å². The van der Waals surface area contributed by atoms with E-state index in [0.29, 0.717) is 12.6 Å². The highest BCUT2D eigenvalue weighted by Crippen LogP contribution is 2.17. The standard InChI is InChI=1S/C12H19NO2/c1-10(2)13-9-11-5-3-4-6-12(11)15-8-7-14/h3-6,10,13-14H,7-9H2,1-2H3. The Morgan fingerprint density at radius 3 is 2.73 bits per heavy atom. The van der Waals surface area contributed by atoms with Crippen molar-refractivity contribution in [3.05, 3.63) is 29.8 Å². The molecule has 0 bridgehead atoms. The molecular formula is C12H19NO2. The van der Waals surface area contributed by atoms with Gasteiger partial charge in [-0.05, 0) is 6.07 Å². The quantitative estimate of drug-likeness (QED) is 0.747. The van der Waals surface area contributed by atoms with E-state index in [1.165, 1.54) is 0 Å². The summed E-state index contributed by atoms with van der Waals surface area (Å²) in [4.78, 5) is 0. The number of aliphatic hydroxyl groups is 1. The molecule has 2 N–H and O–H groups in total. The summed E-state index contributed by atoms with van der Waals surface area (Å²) in [6, 6.07) is 8.33. The molecule has 0 fully saturated rings. The Balaban J connectivity index is 2.59. The van der Waals surface area contributed by atoms with Crippen LogP contribution in [0.15, 0.2) is 24.3 Å². The molecule has 0 unspecified atom stereocenters. The highest BCUT2D eigenvalue weighted by atomic mass is 16.5. The number of ether oxygens (including phenoxy) is 1. The first-order chi connectivity index (χ1) is 7.24. The second-order valence-corrected chi connectivity index (χ2v) is 3.72. The molecule has 1 aromatic rings. The molecule has 1 aromatic carbocycles. The van der Waals surface area contributed by atoms with E-state index in [0.717, 1.165) is 17.9 Å². The van der Waals surface area contributed by atoms with Crippen LogP contribution in [0.25, 0.3) is 0 Å². The molecule has 84 valence electrons. The Morgan fingerprint density at radius 2 is 2.07 bits per heavy atom. The number of aliphatic hydroxyl groups excluding tert-OH is 1. The fourth-order valence-electron chi connectivity index (χ4n) is 1.26. The maximum Gasteiger partial charge on any atom is 0.123 e. The first kappa shape index (κ1) is 12.0. The minimum atomic E-state index is 0.0476. The van der Waals surface area contributed by atoms with E-state index in [4.69, 9.17) is 9.84 Å². The molecule has 3 heteroatoms. The van der Waals surface area contributed by atoms with Crippen LogP contribution in [0.3, 0.4) is 0 Å².